The number of rotatable bonds is 4. The van der Waals surface area contributed by atoms with E-state index < -0.39 is 0 Å². The molecule has 1 aromatic carbocycles. The molecule has 0 spiro atoms. The predicted molar refractivity (Wildman–Crippen MR) is 83.2 cm³/mol. The van der Waals surface area contributed by atoms with Gasteiger partial charge in [-0.2, -0.15) is 0 Å². The molecule has 1 saturated heterocycles. The number of hydrogen-bond donors (Lipinski definition) is 1. The van der Waals surface area contributed by atoms with E-state index in [4.69, 9.17) is 0 Å². The maximum absolute atomic E-state index is 12.2. The summed E-state index contributed by atoms with van der Waals surface area (Å²) in [5.74, 6) is -0.0632. The van der Waals surface area contributed by atoms with Crippen molar-refractivity contribution in [3.63, 3.8) is 0 Å². The fraction of sp³-hybridized carbons (Fsp3) is 0.400. The van der Waals surface area contributed by atoms with Crippen LogP contribution in [0.15, 0.2) is 35.3 Å². The summed E-state index contributed by atoms with van der Waals surface area (Å²) in [6.07, 6.45) is 1.06. The smallest absolute Gasteiger partial charge is 0.234 e. The van der Waals surface area contributed by atoms with E-state index >= 15 is 0 Å². The molecular formula is C15H17N3O2S. The molecule has 1 fully saturated rings. The summed E-state index contributed by atoms with van der Waals surface area (Å²) in [6.45, 7) is 1.89. The van der Waals surface area contributed by atoms with Gasteiger partial charge in [-0.1, -0.05) is 42.1 Å². The number of nitrogens with one attached hydrogen (secondary N) is 1. The van der Waals surface area contributed by atoms with E-state index in [1.165, 1.54) is 17.3 Å². The highest BCUT2D eigenvalue weighted by Gasteiger charge is 2.37. The summed E-state index contributed by atoms with van der Waals surface area (Å²) in [6, 6.07) is 10.0. The van der Waals surface area contributed by atoms with Gasteiger partial charge in [-0.05, 0) is 12.0 Å². The molecule has 1 unspecified atom stereocenters. The van der Waals surface area contributed by atoms with Crippen LogP contribution < -0.4 is 5.32 Å². The van der Waals surface area contributed by atoms with Crippen LogP contribution in [-0.4, -0.2) is 46.8 Å². The van der Waals surface area contributed by atoms with Crippen LogP contribution in [-0.2, 0) is 16.0 Å². The SMILES string of the molecule is O=C(NCCc1ccccc1)C1CC(=O)N2CCN=C2S1. The van der Waals surface area contributed by atoms with Gasteiger partial charge in [0.25, 0.3) is 0 Å². The van der Waals surface area contributed by atoms with E-state index in [0.29, 0.717) is 24.8 Å². The van der Waals surface area contributed by atoms with Crippen molar-refractivity contribution in [3.05, 3.63) is 35.9 Å². The zero-order valence-electron chi connectivity index (χ0n) is 11.6. The lowest BCUT2D eigenvalue weighted by atomic mass is 10.1. The Morgan fingerprint density at radius 3 is 3.00 bits per heavy atom. The van der Waals surface area contributed by atoms with Crippen LogP contribution in [0.2, 0.25) is 0 Å². The fourth-order valence-electron chi connectivity index (χ4n) is 2.43. The molecule has 0 bridgehead atoms. The number of hydrogen-bond acceptors (Lipinski definition) is 4. The minimum atomic E-state index is -0.346. The number of amidine groups is 1. The minimum absolute atomic E-state index is 0.00760. The monoisotopic (exact) mass is 303 g/mol. The van der Waals surface area contributed by atoms with Crippen LogP contribution in [0.4, 0.5) is 0 Å². The van der Waals surface area contributed by atoms with Gasteiger partial charge in [0.15, 0.2) is 5.17 Å². The van der Waals surface area contributed by atoms with Gasteiger partial charge in [-0.25, -0.2) is 0 Å². The molecular weight excluding hydrogens is 286 g/mol. The first kappa shape index (κ1) is 14.1. The minimum Gasteiger partial charge on any atom is -0.355 e. The van der Waals surface area contributed by atoms with Gasteiger partial charge in [0.05, 0.1) is 11.8 Å². The molecule has 6 heteroatoms. The largest absolute Gasteiger partial charge is 0.355 e. The van der Waals surface area contributed by atoms with Gasteiger partial charge in [0.1, 0.15) is 0 Å². The van der Waals surface area contributed by atoms with Gasteiger partial charge in [-0.15, -0.1) is 0 Å². The second-order valence-corrected chi connectivity index (χ2v) is 6.22. The summed E-state index contributed by atoms with van der Waals surface area (Å²) in [5.41, 5.74) is 1.19. The van der Waals surface area contributed by atoms with Crippen LogP contribution in [0.25, 0.3) is 0 Å². The Labute approximate surface area is 127 Å². The molecule has 1 aromatic rings. The first-order chi connectivity index (χ1) is 10.2. The Balaban J connectivity index is 1.50. The molecule has 2 heterocycles. The maximum Gasteiger partial charge on any atom is 0.234 e. The Morgan fingerprint density at radius 1 is 1.38 bits per heavy atom. The third-order valence-corrected chi connectivity index (χ3v) is 4.78. The fourth-order valence-corrected chi connectivity index (χ4v) is 3.59. The number of nitrogens with zero attached hydrogens (tertiary/aromatic N) is 2. The van der Waals surface area contributed by atoms with Gasteiger partial charge < -0.3 is 5.32 Å². The maximum atomic E-state index is 12.2. The van der Waals surface area contributed by atoms with E-state index in [9.17, 15) is 9.59 Å². The Hall–Kier alpha value is -1.82. The first-order valence-electron chi connectivity index (χ1n) is 7.07. The van der Waals surface area contributed by atoms with E-state index in [1.807, 2.05) is 30.3 Å². The third-order valence-electron chi connectivity index (χ3n) is 3.56. The summed E-state index contributed by atoms with van der Waals surface area (Å²) in [7, 11) is 0. The Bertz CT molecular complexity index is 574. The predicted octanol–water partition coefficient (Wildman–Crippen LogP) is 1.05. The number of fused-ring (bicyclic) bond motifs is 1. The van der Waals surface area contributed by atoms with Gasteiger partial charge in [0, 0.05) is 19.5 Å². The number of carbonyl (C=O) groups is 2. The number of thioether (sulfide) groups is 1. The second kappa shape index (κ2) is 6.30. The molecule has 1 atom stereocenters. The third kappa shape index (κ3) is 3.26. The van der Waals surface area contributed by atoms with Crippen molar-refractivity contribution >= 4 is 28.7 Å². The average molecular weight is 303 g/mol. The number of carbonyl (C=O) groups excluding carboxylic acids is 2. The summed E-state index contributed by atoms with van der Waals surface area (Å²) >= 11 is 1.40. The average Bonchev–Trinajstić information content (AvgIpc) is 2.97. The number of aliphatic imine (C=N–C) groups is 1. The van der Waals surface area contributed by atoms with E-state index in [1.54, 1.807) is 4.90 Å². The molecule has 1 N–H and O–H groups in total. The van der Waals surface area contributed by atoms with Crippen molar-refractivity contribution in [3.8, 4) is 0 Å². The lowest BCUT2D eigenvalue weighted by Gasteiger charge is -2.27. The highest BCUT2D eigenvalue weighted by molar-refractivity contribution is 8.15. The summed E-state index contributed by atoms with van der Waals surface area (Å²) in [4.78, 5) is 30.1. The number of amides is 2. The molecule has 0 aromatic heterocycles. The highest BCUT2D eigenvalue weighted by atomic mass is 32.2. The van der Waals surface area contributed by atoms with Crippen molar-refractivity contribution < 1.29 is 9.59 Å². The molecule has 0 radical (unpaired) electrons. The lowest BCUT2D eigenvalue weighted by Crippen LogP contribution is -2.45. The molecule has 2 aliphatic heterocycles. The molecule has 2 aliphatic rings. The van der Waals surface area contributed by atoms with Crippen molar-refractivity contribution in [2.45, 2.75) is 18.1 Å². The first-order valence-corrected chi connectivity index (χ1v) is 7.95. The van der Waals surface area contributed by atoms with Crippen molar-refractivity contribution in [2.75, 3.05) is 19.6 Å². The van der Waals surface area contributed by atoms with Crippen LogP contribution >= 0.6 is 11.8 Å². The molecule has 2 amide bonds. The van der Waals surface area contributed by atoms with Crippen LogP contribution in [0.5, 0.6) is 0 Å². The van der Waals surface area contributed by atoms with E-state index in [0.717, 1.165) is 6.42 Å². The highest BCUT2D eigenvalue weighted by Crippen LogP contribution is 2.28. The topological polar surface area (TPSA) is 61.8 Å². The number of benzene rings is 1. The van der Waals surface area contributed by atoms with Crippen LogP contribution in [0.3, 0.4) is 0 Å². The normalized spacial score (nSPS) is 21.0. The van der Waals surface area contributed by atoms with Gasteiger partial charge in [0.2, 0.25) is 11.8 Å². The zero-order chi connectivity index (χ0) is 14.7. The molecule has 0 aliphatic carbocycles. The van der Waals surface area contributed by atoms with Crippen molar-refractivity contribution in [1.29, 1.82) is 0 Å². The summed E-state index contributed by atoms with van der Waals surface area (Å²) < 4.78 is 0. The molecule has 3 rings (SSSR count). The van der Waals surface area contributed by atoms with Crippen LogP contribution in [0.1, 0.15) is 12.0 Å². The molecule has 0 saturated carbocycles. The van der Waals surface area contributed by atoms with Crippen LogP contribution in [0, 0.1) is 0 Å². The summed E-state index contributed by atoms with van der Waals surface area (Å²) in [5, 5.41) is 3.27. The second-order valence-electron chi connectivity index (χ2n) is 5.05. The Kier molecular flexibility index (Phi) is 4.24. The van der Waals surface area contributed by atoms with E-state index in [2.05, 4.69) is 10.3 Å². The van der Waals surface area contributed by atoms with Crippen molar-refractivity contribution in [2.24, 2.45) is 4.99 Å². The zero-order valence-corrected chi connectivity index (χ0v) is 12.4. The quantitative estimate of drug-likeness (QED) is 0.904. The molecule has 5 nitrogen and oxygen atoms in total. The van der Waals surface area contributed by atoms with Gasteiger partial charge >= 0.3 is 0 Å². The molecule has 21 heavy (non-hydrogen) atoms. The van der Waals surface area contributed by atoms with Crippen molar-refractivity contribution in [1.82, 2.24) is 10.2 Å². The lowest BCUT2D eigenvalue weighted by molar-refractivity contribution is -0.130. The van der Waals surface area contributed by atoms with E-state index in [-0.39, 0.29) is 23.5 Å². The standard InChI is InChI=1S/C15H17N3O2S/c19-13-10-12(21-15-17-8-9-18(13)15)14(20)16-7-6-11-4-2-1-3-5-11/h1-5,12H,6-10H2,(H,16,20). The molecule has 110 valence electrons. The van der Waals surface area contributed by atoms with Gasteiger partial charge in [-0.3, -0.25) is 19.5 Å². The Morgan fingerprint density at radius 2 is 2.19 bits per heavy atom.